The van der Waals surface area contributed by atoms with Crippen LogP contribution in [0, 0.1) is 0 Å². The number of hydrogen-bond donors (Lipinski definition) is 3. The van der Waals surface area contributed by atoms with E-state index in [0.717, 1.165) is 0 Å². The number of nitrogens with one attached hydrogen (secondary N) is 2. The molecule has 0 radical (unpaired) electrons. The summed E-state index contributed by atoms with van der Waals surface area (Å²) in [5.41, 5.74) is 3.15. The number of allylic oxidation sites excluding steroid dienone is 1. The van der Waals surface area contributed by atoms with Gasteiger partial charge in [-0.05, 0) is 60.7 Å². The zero-order valence-electron chi connectivity index (χ0n) is 20.3. The molecule has 36 heavy (non-hydrogen) atoms. The summed E-state index contributed by atoms with van der Waals surface area (Å²) in [6.45, 7) is 3.75. The number of carboxylic acid groups (broad SMARTS) is 1. The Hall–Kier alpha value is -3.83. The fraction of sp³-hybridized carbons (Fsp3) is 0.200. The molecule has 4 rings (SSSR count). The molecule has 1 heterocycles. The lowest BCUT2D eigenvalue weighted by Crippen LogP contribution is -2.50. The molecule has 0 spiro atoms. The van der Waals surface area contributed by atoms with E-state index in [0.29, 0.717) is 40.4 Å². The Morgan fingerprint density at radius 2 is 1.58 bits per heavy atom. The third-order valence-electron chi connectivity index (χ3n) is 6.45. The predicted molar refractivity (Wildman–Crippen MR) is 144 cm³/mol. The van der Waals surface area contributed by atoms with Gasteiger partial charge in [0.15, 0.2) is 5.54 Å². The molecule has 1 unspecified atom stereocenters. The third-order valence-corrected chi connectivity index (χ3v) is 6.69. The summed E-state index contributed by atoms with van der Waals surface area (Å²) in [6.07, 6.45) is 2.29. The Labute approximate surface area is 216 Å². The van der Waals surface area contributed by atoms with Crippen molar-refractivity contribution in [2.75, 3.05) is 6.54 Å². The fourth-order valence-electron chi connectivity index (χ4n) is 4.66. The van der Waals surface area contributed by atoms with Gasteiger partial charge in [0.25, 0.3) is 5.91 Å². The molecular formula is C30H29ClN2O3. The second-order valence-corrected chi connectivity index (χ2v) is 9.56. The zero-order chi connectivity index (χ0) is 25.7. The molecule has 0 saturated heterocycles. The van der Waals surface area contributed by atoms with Crippen LogP contribution in [0.25, 0.3) is 5.57 Å². The van der Waals surface area contributed by atoms with E-state index < -0.39 is 11.5 Å². The molecule has 1 amide bonds. The first-order valence-electron chi connectivity index (χ1n) is 11.9. The second-order valence-electron chi connectivity index (χ2n) is 9.12. The number of carbonyl (C=O) groups excluding carboxylic acids is 1. The monoisotopic (exact) mass is 500 g/mol. The number of amides is 1. The van der Waals surface area contributed by atoms with Crippen LogP contribution in [0.15, 0.2) is 102 Å². The van der Waals surface area contributed by atoms with Crippen LogP contribution in [0.2, 0.25) is 5.02 Å². The van der Waals surface area contributed by atoms with Crippen LogP contribution in [0.4, 0.5) is 0 Å². The van der Waals surface area contributed by atoms with Gasteiger partial charge in [-0.2, -0.15) is 0 Å². The van der Waals surface area contributed by atoms with E-state index >= 15 is 0 Å². The van der Waals surface area contributed by atoms with E-state index in [4.69, 9.17) is 11.6 Å². The van der Waals surface area contributed by atoms with Gasteiger partial charge in [0.1, 0.15) is 0 Å². The lowest BCUT2D eigenvalue weighted by Gasteiger charge is -2.32. The smallest absolute Gasteiger partial charge is 0.333 e. The Kier molecular flexibility index (Phi) is 7.61. The number of rotatable bonds is 8. The quantitative estimate of drug-likeness (QED) is 0.366. The average Bonchev–Trinajstić information content (AvgIpc) is 2.87. The number of hydrogen-bond acceptors (Lipinski definition) is 3. The van der Waals surface area contributed by atoms with Crippen molar-refractivity contribution in [1.82, 2.24) is 10.6 Å². The van der Waals surface area contributed by atoms with Crippen LogP contribution in [0.3, 0.4) is 0 Å². The summed E-state index contributed by atoms with van der Waals surface area (Å²) in [6, 6.07) is 27.6. The number of benzene rings is 3. The van der Waals surface area contributed by atoms with Crippen molar-refractivity contribution in [3.05, 3.63) is 124 Å². The van der Waals surface area contributed by atoms with Crippen molar-refractivity contribution in [3.8, 4) is 0 Å². The summed E-state index contributed by atoms with van der Waals surface area (Å²) >= 11 is 6.22. The summed E-state index contributed by atoms with van der Waals surface area (Å²) in [5.74, 6) is -1.17. The van der Waals surface area contributed by atoms with E-state index in [1.54, 1.807) is 38.1 Å². The standard InChI is InChI=1S/C30H29ClN2O3/c1-20-27(26(19-30(2,33-20)29(35)36)23-14-9-15-24(31)18-23)28(34)32-17-16-25(21-10-5-3-6-11-21)22-12-7-4-8-13-22/h3-15,18-19,25,33H,16-17H2,1-2H3,(H,32,34)(H,35,36). The van der Waals surface area contributed by atoms with E-state index in [1.807, 2.05) is 42.5 Å². The van der Waals surface area contributed by atoms with Crippen LogP contribution < -0.4 is 10.6 Å². The van der Waals surface area contributed by atoms with Gasteiger partial charge in [0.2, 0.25) is 0 Å². The van der Waals surface area contributed by atoms with Crippen LogP contribution in [0.5, 0.6) is 0 Å². The van der Waals surface area contributed by atoms with Gasteiger partial charge in [0, 0.05) is 23.2 Å². The highest BCUT2D eigenvalue weighted by molar-refractivity contribution is 6.30. The molecule has 5 nitrogen and oxygen atoms in total. The van der Waals surface area contributed by atoms with Gasteiger partial charge < -0.3 is 15.7 Å². The Bertz CT molecular complexity index is 1280. The van der Waals surface area contributed by atoms with Crippen LogP contribution in [-0.2, 0) is 9.59 Å². The van der Waals surface area contributed by atoms with Gasteiger partial charge in [-0.3, -0.25) is 4.79 Å². The van der Waals surface area contributed by atoms with Gasteiger partial charge in [-0.1, -0.05) is 84.4 Å². The van der Waals surface area contributed by atoms with E-state index in [-0.39, 0.29) is 11.8 Å². The number of dihydropyridines is 1. The summed E-state index contributed by atoms with van der Waals surface area (Å²) in [5, 5.41) is 16.4. The Balaban J connectivity index is 1.58. The van der Waals surface area contributed by atoms with Crippen LogP contribution in [-0.4, -0.2) is 29.1 Å². The molecule has 1 aliphatic rings. The first-order valence-corrected chi connectivity index (χ1v) is 12.3. The minimum absolute atomic E-state index is 0.130. The maximum absolute atomic E-state index is 13.5. The van der Waals surface area contributed by atoms with Gasteiger partial charge in [0.05, 0.1) is 5.57 Å². The lowest BCUT2D eigenvalue weighted by atomic mass is 9.85. The topological polar surface area (TPSA) is 78.4 Å². The lowest BCUT2D eigenvalue weighted by molar-refractivity contribution is -0.141. The van der Waals surface area contributed by atoms with Gasteiger partial charge in [-0.25, -0.2) is 4.79 Å². The van der Waals surface area contributed by atoms with E-state index in [2.05, 4.69) is 34.9 Å². The molecule has 3 N–H and O–H groups in total. The molecule has 0 bridgehead atoms. The SMILES string of the molecule is CC1=C(C(=O)NCCC(c2ccccc2)c2ccccc2)C(c2cccc(Cl)c2)=CC(C)(C(=O)O)N1. The molecule has 1 aliphatic heterocycles. The highest BCUT2D eigenvalue weighted by Gasteiger charge is 2.37. The van der Waals surface area contributed by atoms with Crippen LogP contribution in [0.1, 0.15) is 42.9 Å². The second kappa shape index (κ2) is 10.8. The molecule has 184 valence electrons. The van der Waals surface area contributed by atoms with E-state index in [9.17, 15) is 14.7 Å². The van der Waals surface area contributed by atoms with Gasteiger partial charge in [-0.15, -0.1) is 0 Å². The maximum Gasteiger partial charge on any atom is 0.333 e. The first-order chi connectivity index (χ1) is 17.3. The minimum Gasteiger partial charge on any atom is -0.479 e. The molecule has 6 heteroatoms. The van der Waals surface area contributed by atoms with E-state index in [1.165, 1.54) is 11.1 Å². The normalized spacial score (nSPS) is 17.4. The number of carbonyl (C=O) groups is 2. The third kappa shape index (κ3) is 5.52. The Morgan fingerprint density at radius 3 is 2.14 bits per heavy atom. The summed E-state index contributed by atoms with van der Waals surface area (Å²) in [4.78, 5) is 25.5. The fourth-order valence-corrected chi connectivity index (χ4v) is 4.85. The summed E-state index contributed by atoms with van der Waals surface area (Å²) < 4.78 is 0. The molecule has 0 aliphatic carbocycles. The highest BCUT2D eigenvalue weighted by atomic mass is 35.5. The molecule has 1 atom stereocenters. The number of carboxylic acids is 1. The molecule has 0 fully saturated rings. The van der Waals surface area contributed by atoms with Crippen molar-refractivity contribution in [2.45, 2.75) is 31.7 Å². The van der Waals surface area contributed by atoms with Crippen molar-refractivity contribution in [3.63, 3.8) is 0 Å². The molecule has 0 aromatic heterocycles. The molecule has 3 aromatic carbocycles. The molecule has 0 saturated carbocycles. The van der Waals surface area contributed by atoms with Crippen molar-refractivity contribution < 1.29 is 14.7 Å². The molecule has 3 aromatic rings. The highest BCUT2D eigenvalue weighted by Crippen LogP contribution is 2.34. The van der Waals surface area contributed by atoms with Gasteiger partial charge >= 0.3 is 5.97 Å². The first kappa shape index (κ1) is 25.3. The summed E-state index contributed by atoms with van der Waals surface area (Å²) in [7, 11) is 0. The maximum atomic E-state index is 13.5. The van der Waals surface area contributed by atoms with Crippen molar-refractivity contribution in [2.24, 2.45) is 0 Å². The molecular weight excluding hydrogens is 472 g/mol. The van der Waals surface area contributed by atoms with Crippen molar-refractivity contribution in [1.29, 1.82) is 0 Å². The van der Waals surface area contributed by atoms with Crippen LogP contribution >= 0.6 is 11.6 Å². The van der Waals surface area contributed by atoms with Crippen molar-refractivity contribution >= 4 is 29.1 Å². The largest absolute Gasteiger partial charge is 0.479 e. The minimum atomic E-state index is -1.35. The zero-order valence-corrected chi connectivity index (χ0v) is 21.0. The number of halogens is 1. The Morgan fingerprint density at radius 1 is 0.972 bits per heavy atom. The average molecular weight is 501 g/mol. The number of aliphatic carboxylic acids is 1. The predicted octanol–water partition coefficient (Wildman–Crippen LogP) is 5.78.